The third-order valence-corrected chi connectivity index (χ3v) is 5.31. The van der Waals surface area contributed by atoms with Crippen LogP contribution in [0.1, 0.15) is 44.7 Å². The molecule has 1 aromatic carbocycles. The number of benzene rings is 1. The summed E-state index contributed by atoms with van der Waals surface area (Å²) in [6, 6.07) is 7.06. The van der Waals surface area contributed by atoms with Gasteiger partial charge in [-0.15, -0.1) is 0 Å². The molecule has 0 atom stereocenters. The quantitative estimate of drug-likeness (QED) is 0.758. The minimum absolute atomic E-state index is 0.115. The van der Waals surface area contributed by atoms with Gasteiger partial charge < -0.3 is 5.73 Å². The van der Waals surface area contributed by atoms with Crippen LogP contribution in [0, 0.1) is 0 Å². The van der Waals surface area contributed by atoms with Gasteiger partial charge in [-0.25, -0.2) is 13.1 Å². The normalized spacial score (nSPS) is 12.3. The van der Waals surface area contributed by atoms with Crippen LogP contribution >= 0.6 is 12.2 Å². The molecule has 0 bridgehead atoms. The molecule has 0 saturated carbocycles. The van der Waals surface area contributed by atoms with Gasteiger partial charge in [-0.05, 0) is 25.3 Å². The summed E-state index contributed by atoms with van der Waals surface area (Å²) in [6.07, 6.45) is 1.47. The summed E-state index contributed by atoms with van der Waals surface area (Å²) in [4.78, 5) is 0.213. The molecule has 0 aromatic heterocycles. The lowest BCUT2D eigenvalue weighted by Gasteiger charge is -2.28. The van der Waals surface area contributed by atoms with Crippen LogP contribution in [0.25, 0.3) is 0 Å². The molecule has 0 heterocycles. The van der Waals surface area contributed by atoms with E-state index in [1.807, 2.05) is 20.8 Å². The van der Waals surface area contributed by atoms with Gasteiger partial charge in [-0.2, -0.15) is 0 Å². The summed E-state index contributed by atoms with van der Waals surface area (Å²) in [6.45, 7) is 5.84. The Morgan fingerprint density at radius 3 is 2.35 bits per heavy atom. The molecule has 0 amide bonds. The summed E-state index contributed by atoms with van der Waals surface area (Å²) in [7, 11) is -3.44. The number of rotatable bonds is 7. The molecule has 0 aliphatic carbocycles. The van der Waals surface area contributed by atoms with Crippen LogP contribution in [0.15, 0.2) is 24.3 Å². The predicted octanol–water partition coefficient (Wildman–Crippen LogP) is 2.32. The number of sulfonamides is 1. The van der Waals surface area contributed by atoms with Crippen molar-refractivity contribution in [1.82, 2.24) is 4.72 Å². The van der Waals surface area contributed by atoms with E-state index >= 15 is 0 Å². The van der Waals surface area contributed by atoms with Gasteiger partial charge in [0.05, 0.1) is 5.75 Å². The zero-order valence-corrected chi connectivity index (χ0v) is 13.8. The highest BCUT2D eigenvalue weighted by atomic mass is 32.2. The molecular weight excluding hydrogens is 292 g/mol. The van der Waals surface area contributed by atoms with Gasteiger partial charge in [0.25, 0.3) is 0 Å². The van der Waals surface area contributed by atoms with E-state index in [0.717, 1.165) is 12.8 Å². The second-order valence-corrected chi connectivity index (χ2v) is 7.31. The molecule has 0 aliphatic rings. The fourth-order valence-corrected chi connectivity index (χ4v) is 3.87. The largest absolute Gasteiger partial charge is 0.389 e. The molecule has 0 radical (unpaired) electrons. The molecule has 112 valence electrons. The number of nitrogens with two attached hydrogens (primary N) is 1. The summed E-state index contributed by atoms with van der Waals surface area (Å²) >= 11 is 4.96. The first kappa shape index (κ1) is 17.1. The Balaban J connectivity index is 3.01. The van der Waals surface area contributed by atoms with Crippen molar-refractivity contribution in [3.05, 3.63) is 35.4 Å². The highest BCUT2D eigenvalue weighted by molar-refractivity contribution is 7.88. The predicted molar refractivity (Wildman–Crippen MR) is 87.1 cm³/mol. The number of hydrogen-bond acceptors (Lipinski definition) is 3. The van der Waals surface area contributed by atoms with Crippen LogP contribution in [0.3, 0.4) is 0 Å². The molecule has 0 spiro atoms. The average Bonchev–Trinajstić information content (AvgIpc) is 2.37. The van der Waals surface area contributed by atoms with Crippen LogP contribution in [0.4, 0.5) is 0 Å². The molecule has 1 rings (SSSR count). The van der Waals surface area contributed by atoms with E-state index in [-0.39, 0.29) is 10.7 Å². The van der Waals surface area contributed by atoms with Crippen LogP contribution in [-0.2, 0) is 15.8 Å². The highest BCUT2D eigenvalue weighted by Crippen LogP contribution is 2.18. The fourth-order valence-electron chi connectivity index (χ4n) is 1.90. The molecular formula is C14H22N2O2S2. The number of nitrogens with one attached hydrogen (secondary N) is 1. The first-order chi connectivity index (χ1) is 9.23. The van der Waals surface area contributed by atoms with Crippen LogP contribution in [0.5, 0.6) is 0 Å². The van der Waals surface area contributed by atoms with Crippen molar-refractivity contribution in [1.29, 1.82) is 0 Å². The Hall–Kier alpha value is -0.980. The van der Waals surface area contributed by atoms with Crippen molar-refractivity contribution < 1.29 is 8.42 Å². The molecule has 20 heavy (non-hydrogen) atoms. The van der Waals surface area contributed by atoms with E-state index in [0.29, 0.717) is 11.1 Å². The van der Waals surface area contributed by atoms with Crippen molar-refractivity contribution in [2.45, 2.75) is 44.9 Å². The lowest BCUT2D eigenvalue weighted by Crippen LogP contribution is -2.45. The fraction of sp³-hybridized carbons (Fsp3) is 0.500. The van der Waals surface area contributed by atoms with E-state index in [4.69, 9.17) is 18.0 Å². The third kappa shape index (κ3) is 4.54. The van der Waals surface area contributed by atoms with Gasteiger partial charge in [0, 0.05) is 11.1 Å². The van der Waals surface area contributed by atoms with Crippen LogP contribution in [-0.4, -0.2) is 18.9 Å². The Labute approximate surface area is 126 Å². The van der Waals surface area contributed by atoms with E-state index in [1.54, 1.807) is 24.3 Å². The van der Waals surface area contributed by atoms with Gasteiger partial charge in [0.1, 0.15) is 4.99 Å². The number of hydrogen-bond donors (Lipinski definition) is 2. The minimum Gasteiger partial charge on any atom is -0.389 e. The summed E-state index contributed by atoms with van der Waals surface area (Å²) in [5.41, 5.74) is 6.45. The smallest absolute Gasteiger partial charge is 0.216 e. The average molecular weight is 314 g/mol. The maximum atomic E-state index is 12.3. The zero-order chi connectivity index (χ0) is 15.4. The number of thiocarbonyl (C=S) groups is 1. The van der Waals surface area contributed by atoms with Crippen molar-refractivity contribution in [2.75, 3.05) is 0 Å². The van der Waals surface area contributed by atoms with Crippen molar-refractivity contribution in [3.63, 3.8) is 0 Å². The maximum absolute atomic E-state index is 12.3. The monoisotopic (exact) mass is 314 g/mol. The van der Waals surface area contributed by atoms with Crippen molar-refractivity contribution in [2.24, 2.45) is 5.73 Å². The Morgan fingerprint density at radius 1 is 1.30 bits per heavy atom. The highest BCUT2D eigenvalue weighted by Gasteiger charge is 2.26. The van der Waals surface area contributed by atoms with Crippen molar-refractivity contribution in [3.8, 4) is 0 Å². The van der Waals surface area contributed by atoms with Gasteiger partial charge in [-0.1, -0.05) is 50.3 Å². The molecule has 4 nitrogen and oxygen atoms in total. The van der Waals surface area contributed by atoms with E-state index in [9.17, 15) is 8.42 Å². The topological polar surface area (TPSA) is 72.2 Å². The van der Waals surface area contributed by atoms with E-state index in [1.165, 1.54) is 0 Å². The Bertz CT molecular complexity index is 579. The lowest BCUT2D eigenvalue weighted by atomic mass is 9.98. The van der Waals surface area contributed by atoms with Crippen molar-refractivity contribution >= 4 is 27.2 Å². The summed E-state index contributed by atoms with van der Waals surface area (Å²) < 4.78 is 27.4. The SMILES string of the molecule is CCC(C)(CC)NS(=O)(=O)Cc1ccccc1C(N)=S. The Kier molecular flexibility index (Phi) is 5.68. The maximum Gasteiger partial charge on any atom is 0.216 e. The van der Waals surface area contributed by atoms with Gasteiger partial charge in [0.15, 0.2) is 0 Å². The molecule has 0 saturated heterocycles. The molecule has 0 unspecified atom stereocenters. The van der Waals surface area contributed by atoms with Crippen LogP contribution in [0.2, 0.25) is 0 Å². The second kappa shape index (κ2) is 6.65. The van der Waals surface area contributed by atoms with E-state index in [2.05, 4.69) is 4.72 Å². The molecule has 0 fully saturated rings. The minimum atomic E-state index is -3.44. The second-order valence-electron chi connectivity index (χ2n) is 5.15. The Morgan fingerprint density at radius 2 is 1.85 bits per heavy atom. The molecule has 0 aliphatic heterocycles. The van der Waals surface area contributed by atoms with Gasteiger partial charge in [0.2, 0.25) is 10.0 Å². The standard InChI is InChI=1S/C14H22N2O2S2/c1-4-14(3,5-2)16-20(17,18)10-11-8-6-7-9-12(11)13(15)19/h6-9,16H,4-5,10H2,1-3H3,(H2,15,19). The van der Waals surface area contributed by atoms with Gasteiger partial charge >= 0.3 is 0 Å². The van der Waals surface area contributed by atoms with E-state index < -0.39 is 15.6 Å². The summed E-state index contributed by atoms with van der Waals surface area (Å²) in [5.74, 6) is -0.115. The first-order valence-electron chi connectivity index (χ1n) is 6.62. The molecule has 1 aromatic rings. The first-order valence-corrected chi connectivity index (χ1v) is 8.68. The summed E-state index contributed by atoms with van der Waals surface area (Å²) in [5, 5.41) is 0. The van der Waals surface area contributed by atoms with Crippen LogP contribution < -0.4 is 10.5 Å². The van der Waals surface area contributed by atoms with Gasteiger partial charge in [-0.3, -0.25) is 0 Å². The third-order valence-electron chi connectivity index (χ3n) is 3.59. The lowest BCUT2D eigenvalue weighted by molar-refractivity contribution is 0.388. The zero-order valence-electron chi connectivity index (χ0n) is 12.1. The molecule has 6 heteroatoms. The molecule has 3 N–H and O–H groups in total.